The number of aromatic nitrogens is 3. The molecule has 0 aliphatic heterocycles. The normalized spacial score (nSPS) is 19.3. The average molecular weight is 485 g/mol. The molecule has 2 aromatic heterocycles. The molecule has 1 fully saturated rings. The van der Waals surface area contributed by atoms with Gasteiger partial charge < -0.3 is 24.5 Å². The van der Waals surface area contributed by atoms with Crippen LogP contribution in [0.3, 0.4) is 0 Å². The van der Waals surface area contributed by atoms with E-state index in [1.165, 1.54) is 23.1 Å². The number of nitrogens with zero attached hydrogens (tertiary/aromatic N) is 3. The first-order valence-electron chi connectivity index (χ1n) is 12.4. The molecule has 0 radical (unpaired) electrons. The molecule has 2 heterocycles. The van der Waals surface area contributed by atoms with Crippen molar-refractivity contribution in [1.82, 2.24) is 19.9 Å². The smallest absolute Gasteiger partial charge is 0.180 e. The minimum atomic E-state index is -0.694. The van der Waals surface area contributed by atoms with Gasteiger partial charge in [-0.1, -0.05) is 60.7 Å². The van der Waals surface area contributed by atoms with Crippen molar-refractivity contribution in [2.75, 3.05) is 6.61 Å². The summed E-state index contributed by atoms with van der Waals surface area (Å²) in [7, 11) is 0. The standard InChI is InChI=1S/C29H32N4O3/c1-20(35)29-30-12-13-33(29)28(17-34)11-4-21-2-5-22(6-3-21)23-7-9-24(10-8-23)25-14-26(15-25)31-16-27-18-36-19-32-27/h2-13,18-20,25-26,28,31,34-35H,14-17H2,1H3/t20-,25?,26?,28?/m0/s1. The third kappa shape index (κ3) is 5.49. The highest BCUT2D eigenvalue weighted by Crippen LogP contribution is 2.37. The van der Waals surface area contributed by atoms with Gasteiger partial charge in [0.15, 0.2) is 6.39 Å². The lowest BCUT2D eigenvalue weighted by Gasteiger charge is -2.36. The minimum absolute atomic E-state index is 0.0730. The zero-order valence-corrected chi connectivity index (χ0v) is 20.4. The first kappa shape index (κ1) is 24.2. The van der Waals surface area contributed by atoms with E-state index in [0.717, 1.165) is 30.6 Å². The zero-order valence-electron chi connectivity index (χ0n) is 20.4. The predicted molar refractivity (Wildman–Crippen MR) is 139 cm³/mol. The van der Waals surface area contributed by atoms with Crippen LogP contribution in [0, 0.1) is 0 Å². The van der Waals surface area contributed by atoms with E-state index in [2.05, 4.69) is 63.8 Å². The molecule has 0 bridgehead atoms. The molecular formula is C29H32N4O3. The van der Waals surface area contributed by atoms with Gasteiger partial charge >= 0.3 is 0 Å². The van der Waals surface area contributed by atoms with Gasteiger partial charge in [0.2, 0.25) is 0 Å². The number of nitrogens with one attached hydrogen (secondary N) is 1. The highest BCUT2D eigenvalue weighted by Gasteiger charge is 2.29. The Morgan fingerprint density at radius 1 is 1.08 bits per heavy atom. The van der Waals surface area contributed by atoms with E-state index in [-0.39, 0.29) is 12.6 Å². The molecular weight excluding hydrogens is 452 g/mol. The maximum absolute atomic E-state index is 9.90. The Bertz CT molecular complexity index is 1250. The maximum atomic E-state index is 9.90. The number of imidazole rings is 1. The molecule has 0 spiro atoms. The number of hydrogen-bond donors (Lipinski definition) is 3. The molecule has 0 amide bonds. The topological polar surface area (TPSA) is 96.3 Å². The molecule has 36 heavy (non-hydrogen) atoms. The summed E-state index contributed by atoms with van der Waals surface area (Å²) in [5, 5.41) is 23.3. The van der Waals surface area contributed by atoms with Gasteiger partial charge in [0.05, 0.1) is 18.3 Å². The van der Waals surface area contributed by atoms with E-state index in [9.17, 15) is 10.2 Å². The fourth-order valence-corrected chi connectivity index (χ4v) is 4.76. The summed E-state index contributed by atoms with van der Waals surface area (Å²) in [4.78, 5) is 8.35. The maximum Gasteiger partial charge on any atom is 0.180 e. The van der Waals surface area contributed by atoms with Crippen molar-refractivity contribution in [3.05, 3.63) is 102 Å². The molecule has 0 saturated heterocycles. The van der Waals surface area contributed by atoms with Crippen LogP contribution in [-0.2, 0) is 6.54 Å². The summed E-state index contributed by atoms with van der Waals surface area (Å²) in [5.41, 5.74) is 5.75. The number of aliphatic hydroxyl groups is 2. The minimum Gasteiger partial charge on any atom is -0.451 e. The largest absolute Gasteiger partial charge is 0.451 e. The molecule has 2 atom stereocenters. The quantitative estimate of drug-likeness (QED) is 0.297. The van der Waals surface area contributed by atoms with Crippen LogP contribution in [0.15, 0.2) is 84.1 Å². The number of oxazole rings is 1. The first-order chi connectivity index (χ1) is 17.6. The van der Waals surface area contributed by atoms with E-state index >= 15 is 0 Å². The van der Waals surface area contributed by atoms with Crippen LogP contribution in [-0.4, -0.2) is 37.4 Å². The van der Waals surface area contributed by atoms with Crippen LogP contribution in [0.2, 0.25) is 0 Å². The molecule has 7 nitrogen and oxygen atoms in total. The Balaban J connectivity index is 1.16. The van der Waals surface area contributed by atoms with Gasteiger partial charge in [0, 0.05) is 25.0 Å². The van der Waals surface area contributed by atoms with Gasteiger partial charge in [0.25, 0.3) is 0 Å². The fraction of sp³-hybridized carbons (Fsp3) is 0.310. The van der Waals surface area contributed by atoms with Crippen molar-refractivity contribution in [3.63, 3.8) is 0 Å². The second kappa shape index (κ2) is 11.0. The lowest BCUT2D eigenvalue weighted by molar-refractivity contribution is 0.175. The third-order valence-corrected chi connectivity index (χ3v) is 6.95. The van der Waals surface area contributed by atoms with Crippen molar-refractivity contribution >= 4 is 6.08 Å². The first-order valence-corrected chi connectivity index (χ1v) is 12.4. The van der Waals surface area contributed by atoms with Crippen molar-refractivity contribution in [3.8, 4) is 11.1 Å². The summed E-state index contributed by atoms with van der Waals surface area (Å²) >= 11 is 0. The average Bonchev–Trinajstić information content (AvgIpc) is 3.57. The van der Waals surface area contributed by atoms with Gasteiger partial charge in [-0.2, -0.15) is 0 Å². The Kier molecular flexibility index (Phi) is 7.41. The third-order valence-electron chi connectivity index (χ3n) is 6.95. The second-order valence-corrected chi connectivity index (χ2v) is 9.45. The summed E-state index contributed by atoms with van der Waals surface area (Å²) in [6.07, 6.45) is 12.1. The monoisotopic (exact) mass is 484 g/mol. The van der Waals surface area contributed by atoms with Gasteiger partial charge in [-0.05, 0) is 47.9 Å². The van der Waals surface area contributed by atoms with Gasteiger partial charge in [-0.3, -0.25) is 0 Å². The molecule has 1 aliphatic rings. The Labute approximate surface area is 211 Å². The fourth-order valence-electron chi connectivity index (χ4n) is 4.76. The van der Waals surface area contributed by atoms with Crippen molar-refractivity contribution in [2.45, 2.75) is 50.4 Å². The van der Waals surface area contributed by atoms with Crippen LogP contribution in [0.4, 0.5) is 0 Å². The number of rotatable bonds is 10. The molecule has 5 rings (SSSR count). The van der Waals surface area contributed by atoms with Crippen LogP contribution >= 0.6 is 0 Å². The molecule has 3 N–H and O–H groups in total. The molecule has 7 heteroatoms. The highest BCUT2D eigenvalue weighted by molar-refractivity contribution is 5.66. The molecule has 2 aromatic carbocycles. The predicted octanol–water partition coefficient (Wildman–Crippen LogP) is 4.87. The van der Waals surface area contributed by atoms with Crippen LogP contribution in [0.1, 0.15) is 60.5 Å². The van der Waals surface area contributed by atoms with Gasteiger partial charge in [-0.25, -0.2) is 9.97 Å². The Hall–Kier alpha value is -3.52. The van der Waals surface area contributed by atoms with Crippen molar-refractivity contribution in [1.29, 1.82) is 0 Å². The molecule has 186 valence electrons. The summed E-state index contributed by atoms with van der Waals surface area (Å²) < 4.78 is 6.82. The van der Waals surface area contributed by atoms with Crippen molar-refractivity contribution in [2.24, 2.45) is 0 Å². The van der Waals surface area contributed by atoms with Crippen molar-refractivity contribution < 1.29 is 14.6 Å². The summed E-state index contributed by atoms with van der Waals surface area (Å²) in [6, 6.07) is 17.5. The van der Waals surface area contributed by atoms with Crippen LogP contribution in [0.25, 0.3) is 17.2 Å². The van der Waals surface area contributed by atoms with E-state index in [1.54, 1.807) is 30.1 Å². The van der Waals surface area contributed by atoms with E-state index in [0.29, 0.717) is 17.8 Å². The number of aliphatic hydroxyl groups excluding tert-OH is 2. The Morgan fingerprint density at radius 2 is 1.81 bits per heavy atom. The van der Waals surface area contributed by atoms with E-state index < -0.39 is 6.10 Å². The van der Waals surface area contributed by atoms with Crippen LogP contribution in [0.5, 0.6) is 0 Å². The molecule has 1 aliphatic carbocycles. The highest BCUT2D eigenvalue weighted by atomic mass is 16.3. The zero-order chi connectivity index (χ0) is 24.9. The van der Waals surface area contributed by atoms with Crippen LogP contribution < -0.4 is 5.32 Å². The van der Waals surface area contributed by atoms with Gasteiger partial charge in [-0.15, -0.1) is 0 Å². The number of hydrogen-bond acceptors (Lipinski definition) is 6. The molecule has 1 saturated carbocycles. The lowest BCUT2D eigenvalue weighted by Crippen LogP contribution is -2.39. The second-order valence-electron chi connectivity index (χ2n) is 9.45. The van der Waals surface area contributed by atoms with E-state index in [4.69, 9.17) is 4.42 Å². The molecule has 4 aromatic rings. The lowest BCUT2D eigenvalue weighted by atomic mass is 9.75. The van der Waals surface area contributed by atoms with Gasteiger partial charge in [0.1, 0.15) is 18.2 Å². The van der Waals surface area contributed by atoms with E-state index in [1.807, 2.05) is 12.2 Å². The SMILES string of the molecule is C[C@H](O)c1nccn1C(C=Cc1ccc(-c2ccc(C3CC(NCc4cocn4)C3)cc2)cc1)CO. The summed E-state index contributed by atoms with van der Waals surface area (Å²) in [5.74, 6) is 1.14. The molecule has 1 unspecified atom stereocenters. The number of benzene rings is 2. The Morgan fingerprint density at radius 3 is 2.44 bits per heavy atom. The summed E-state index contributed by atoms with van der Waals surface area (Å²) in [6.45, 7) is 2.35.